The van der Waals surface area contributed by atoms with Crippen molar-refractivity contribution in [1.82, 2.24) is 0 Å². The lowest BCUT2D eigenvalue weighted by Crippen LogP contribution is -2.24. The summed E-state index contributed by atoms with van der Waals surface area (Å²) in [5.41, 5.74) is 0.0209. The number of carbonyl (C=O) groups is 1. The van der Waals surface area contributed by atoms with Crippen LogP contribution in [-0.4, -0.2) is 12.1 Å². The van der Waals surface area contributed by atoms with Gasteiger partial charge in [0.1, 0.15) is 6.10 Å². The molecule has 0 N–H and O–H groups in total. The first-order chi connectivity index (χ1) is 11.1. The van der Waals surface area contributed by atoms with Crippen LogP contribution in [0, 0.1) is 28.9 Å². The molecule has 0 spiro atoms. The minimum absolute atomic E-state index is 0.0209. The normalized spacial score (nSPS) is 21.4. The summed E-state index contributed by atoms with van der Waals surface area (Å²) < 4.78 is 31.3. The molecule has 0 aromatic heterocycles. The van der Waals surface area contributed by atoms with E-state index in [-0.39, 0.29) is 11.7 Å². The highest BCUT2D eigenvalue weighted by molar-refractivity contribution is 5.89. The SMILES string of the molecule is N#CC=CC=CC1CCC(OC(=O)c2ccc(F)c(F)c2)CC1. The molecule has 3 nitrogen and oxygen atoms in total. The molecule has 23 heavy (non-hydrogen) atoms. The van der Waals surface area contributed by atoms with Gasteiger partial charge in [0, 0.05) is 6.08 Å². The van der Waals surface area contributed by atoms with E-state index in [1.807, 2.05) is 18.2 Å². The van der Waals surface area contributed by atoms with Gasteiger partial charge in [0.25, 0.3) is 0 Å². The van der Waals surface area contributed by atoms with Crippen LogP contribution in [0.1, 0.15) is 36.0 Å². The first-order valence-electron chi connectivity index (χ1n) is 7.49. The van der Waals surface area contributed by atoms with E-state index < -0.39 is 17.6 Å². The van der Waals surface area contributed by atoms with Gasteiger partial charge < -0.3 is 4.74 Å². The number of nitriles is 1. The second kappa shape index (κ2) is 8.23. The van der Waals surface area contributed by atoms with E-state index in [4.69, 9.17) is 10.00 Å². The number of hydrogen-bond donors (Lipinski definition) is 0. The van der Waals surface area contributed by atoms with Gasteiger partial charge in [0.05, 0.1) is 11.6 Å². The third-order valence-corrected chi connectivity index (χ3v) is 3.81. The zero-order valence-corrected chi connectivity index (χ0v) is 12.5. The summed E-state index contributed by atoms with van der Waals surface area (Å²) in [6.45, 7) is 0. The zero-order valence-electron chi connectivity index (χ0n) is 12.5. The molecule has 1 fully saturated rings. The Morgan fingerprint density at radius 2 is 1.91 bits per heavy atom. The van der Waals surface area contributed by atoms with Gasteiger partial charge in [-0.1, -0.05) is 18.2 Å². The quantitative estimate of drug-likeness (QED) is 0.472. The maximum Gasteiger partial charge on any atom is 0.338 e. The minimum Gasteiger partial charge on any atom is -0.459 e. The van der Waals surface area contributed by atoms with Crippen LogP contribution in [0.15, 0.2) is 42.5 Å². The van der Waals surface area contributed by atoms with Gasteiger partial charge in [0.15, 0.2) is 11.6 Å². The van der Waals surface area contributed by atoms with Crippen LogP contribution < -0.4 is 0 Å². The van der Waals surface area contributed by atoms with Gasteiger partial charge in [-0.3, -0.25) is 0 Å². The van der Waals surface area contributed by atoms with Crippen LogP contribution in [-0.2, 0) is 4.74 Å². The van der Waals surface area contributed by atoms with Gasteiger partial charge in [0.2, 0.25) is 0 Å². The molecule has 5 heteroatoms. The smallest absolute Gasteiger partial charge is 0.338 e. The molecule has 120 valence electrons. The molecule has 0 bridgehead atoms. The van der Waals surface area contributed by atoms with E-state index in [1.54, 1.807) is 6.08 Å². The third-order valence-electron chi connectivity index (χ3n) is 3.81. The van der Waals surface area contributed by atoms with E-state index >= 15 is 0 Å². The van der Waals surface area contributed by atoms with Crippen molar-refractivity contribution in [1.29, 1.82) is 5.26 Å². The van der Waals surface area contributed by atoms with Crippen molar-refractivity contribution in [2.75, 3.05) is 0 Å². The Bertz CT molecular complexity index is 653. The van der Waals surface area contributed by atoms with Crippen molar-refractivity contribution in [2.24, 2.45) is 5.92 Å². The largest absolute Gasteiger partial charge is 0.459 e. The first kappa shape index (κ1) is 16.9. The number of rotatable bonds is 4. The highest BCUT2D eigenvalue weighted by atomic mass is 19.2. The second-order valence-corrected chi connectivity index (χ2v) is 5.44. The fourth-order valence-electron chi connectivity index (χ4n) is 2.56. The number of benzene rings is 1. The number of nitrogens with zero attached hydrogens (tertiary/aromatic N) is 1. The highest BCUT2D eigenvalue weighted by Gasteiger charge is 2.23. The van der Waals surface area contributed by atoms with Crippen molar-refractivity contribution in [2.45, 2.75) is 31.8 Å². The maximum absolute atomic E-state index is 13.1. The summed E-state index contributed by atoms with van der Waals surface area (Å²) in [5.74, 6) is -2.27. The molecule has 0 aliphatic heterocycles. The molecule has 0 amide bonds. The Hall–Kier alpha value is -2.48. The molecule has 1 saturated carbocycles. The topological polar surface area (TPSA) is 50.1 Å². The summed E-state index contributed by atoms with van der Waals surface area (Å²) in [5, 5.41) is 8.38. The van der Waals surface area contributed by atoms with Gasteiger partial charge >= 0.3 is 5.97 Å². The lowest BCUT2D eigenvalue weighted by molar-refractivity contribution is 0.0184. The second-order valence-electron chi connectivity index (χ2n) is 5.44. The Kier molecular flexibility index (Phi) is 6.04. The molecule has 1 aliphatic rings. The Morgan fingerprint density at radius 1 is 1.17 bits per heavy atom. The summed E-state index contributed by atoms with van der Waals surface area (Å²) >= 11 is 0. The summed E-state index contributed by atoms with van der Waals surface area (Å²) in [4.78, 5) is 11.9. The van der Waals surface area contributed by atoms with Crippen molar-refractivity contribution >= 4 is 5.97 Å². The van der Waals surface area contributed by atoms with E-state index in [2.05, 4.69) is 0 Å². The van der Waals surface area contributed by atoms with Crippen LogP contribution in [0.4, 0.5) is 8.78 Å². The van der Waals surface area contributed by atoms with Crippen molar-refractivity contribution in [3.63, 3.8) is 0 Å². The van der Waals surface area contributed by atoms with Crippen molar-refractivity contribution < 1.29 is 18.3 Å². The van der Waals surface area contributed by atoms with Gasteiger partial charge in [-0.05, 0) is 49.8 Å². The van der Waals surface area contributed by atoms with Gasteiger partial charge in [-0.15, -0.1) is 0 Å². The average molecular weight is 317 g/mol. The number of halogens is 2. The molecule has 0 radical (unpaired) electrons. The lowest BCUT2D eigenvalue weighted by Gasteiger charge is -2.26. The molecule has 0 unspecified atom stereocenters. The van der Waals surface area contributed by atoms with Crippen molar-refractivity contribution in [3.05, 3.63) is 59.7 Å². The maximum atomic E-state index is 13.1. The number of ether oxygens (including phenoxy) is 1. The zero-order chi connectivity index (χ0) is 16.7. The van der Waals surface area contributed by atoms with Crippen LogP contribution in [0.5, 0.6) is 0 Å². The minimum atomic E-state index is -1.06. The predicted octanol–water partition coefficient (Wildman–Crippen LogP) is 4.32. The van der Waals surface area contributed by atoms with Crippen molar-refractivity contribution in [3.8, 4) is 6.07 Å². The Labute approximate surface area is 133 Å². The number of hydrogen-bond acceptors (Lipinski definition) is 3. The van der Waals surface area contributed by atoms with E-state index in [9.17, 15) is 13.6 Å². The van der Waals surface area contributed by atoms with Crippen LogP contribution in [0.2, 0.25) is 0 Å². The first-order valence-corrected chi connectivity index (χ1v) is 7.49. The number of esters is 1. The molecular formula is C18H17F2NO2. The third kappa shape index (κ3) is 5.03. The molecular weight excluding hydrogens is 300 g/mol. The van der Waals surface area contributed by atoms with E-state index in [0.29, 0.717) is 5.92 Å². The fraction of sp³-hybridized carbons (Fsp3) is 0.333. The monoisotopic (exact) mass is 317 g/mol. The molecule has 0 saturated heterocycles. The summed E-state index contributed by atoms with van der Waals surface area (Å²) in [7, 11) is 0. The number of allylic oxidation sites excluding steroid dienone is 4. The summed E-state index contributed by atoms with van der Waals surface area (Å²) in [6, 6.07) is 4.91. The molecule has 2 rings (SSSR count). The predicted molar refractivity (Wildman–Crippen MR) is 81.4 cm³/mol. The molecule has 1 aromatic rings. The van der Waals surface area contributed by atoms with Crippen LogP contribution in [0.25, 0.3) is 0 Å². The van der Waals surface area contributed by atoms with E-state index in [0.717, 1.165) is 37.8 Å². The molecule has 1 aromatic carbocycles. The fourth-order valence-corrected chi connectivity index (χ4v) is 2.56. The average Bonchev–Trinajstić information content (AvgIpc) is 2.55. The molecule has 0 atom stereocenters. The Morgan fingerprint density at radius 3 is 2.57 bits per heavy atom. The van der Waals surface area contributed by atoms with Gasteiger partial charge in [-0.2, -0.15) is 5.26 Å². The molecule has 0 heterocycles. The number of carbonyl (C=O) groups excluding carboxylic acids is 1. The lowest BCUT2D eigenvalue weighted by atomic mass is 9.87. The summed E-state index contributed by atoms with van der Waals surface area (Å²) in [6.07, 6.45) is 10.0. The van der Waals surface area contributed by atoms with Crippen LogP contribution in [0.3, 0.4) is 0 Å². The standard InChI is InChI=1S/C18H17F2NO2/c19-16-10-7-14(12-17(16)20)18(22)23-15-8-5-13(6-9-15)4-2-1-3-11-21/h1-4,7,10,12-13,15H,5-6,8-9H2. The Balaban J connectivity index is 1.83. The molecule has 1 aliphatic carbocycles. The van der Waals surface area contributed by atoms with E-state index in [1.165, 1.54) is 12.1 Å². The van der Waals surface area contributed by atoms with Crippen LogP contribution >= 0.6 is 0 Å². The van der Waals surface area contributed by atoms with Gasteiger partial charge in [-0.25, -0.2) is 13.6 Å². The highest BCUT2D eigenvalue weighted by Crippen LogP contribution is 2.28.